The van der Waals surface area contributed by atoms with Gasteiger partial charge in [0.2, 0.25) is 0 Å². The average molecular weight is 180 g/mol. The molecule has 0 aliphatic heterocycles. The van der Waals surface area contributed by atoms with Gasteiger partial charge in [-0.25, -0.2) is 0 Å². The van der Waals surface area contributed by atoms with E-state index in [0.29, 0.717) is 0 Å². The van der Waals surface area contributed by atoms with Gasteiger partial charge in [0.25, 0.3) is 0 Å². The zero-order chi connectivity index (χ0) is 2.71. The zero-order valence-corrected chi connectivity index (χ0v) is 3.49. The van der Waals surface area contributed by atoms with Crippen molar-refractivity contribution in [1.29, 1.82) is 0 Å². The molecule has 5 heteroatoms. The molecule has 0 aromatic heterocycles. The van der Waals surface area contributed by atoms with Crippen molar-refractivity contribution in [2.24, 2.45) is 0 Å². The molecule has 5 heavy (non-hydrogen) atoms. The predicted molar refractivity (Wildman–Crippen MR) is 11.3 cm³/mol. The molecule has 2 nitrogen and oxygen atoms in total. The van der Waals surface area contributed by atoms with Gasteiger partial charge in [-0.3, -0.25) is 0 Å². The molecular formula is H3AlCoNiO2. The van der Waals surface area contributed by atoms with E-state index >= 15 is 0 Å². The van der Waals surface area contributed by atoms with Gasteiger partial charge in [0.1, 0.15) is 0 Å². The van der Waals surface area contributed by atoms with Crippen molar-refractivity contribution in [2.45, 2.75) is 0 Å². The Kier molecular flexibility index (Phi) is 63.5. The summed E-state index contributed by atoms with van der Waals surface area (Å²) in [5.41, 5.74) is 0. The van der Waals surface area contributed by atoms with Crippen LogP contribution >= 0.6 is 0 Å². The molecule has 0 aromatic carbocycles. The van der Waals surface area contributed by atoms with Crippen LogP contribution in [0.25, 0.3) is 0 Å². The van der Waals surface area contributed by atoms with E-state index in [9.17, 15) is 0 Å². The van der Waals surface area contributed by atoms with Crippen LogP contribution in [0.5, 0.6) is 0 Å². The van der Waals surface area contributed by atoms with Crippen LogP contribution in [0.4, 0.5) is 0 Å². The molecule has 37 valence electrons. The number of rotatable bonds is 0. The van der Waals surface area contributed by atoms with Crippen molar-refractivity contribution in [1.82, 2.24) is 0 Å². The van der Waals surface area contributed by atoms with E-state index in [-0.39, 0.29) is 34.1 Å². The van der Waals surface area contributed by atoms with Crippen molar-refractivity contribution in [2.75, 3.05) is 0 Å². The van der Waals surface area contributed by atoms with Gasteiger partial charge in [0.15, 0.2) is 17.4 Å². The van der Waals surface area contributed by atoms with Gasteiger partial charge in [-0.05, 0) is 0 Å². The molecule has 0 aliphatic rings. The molecule has 0 heterocycles. The Labute approximate surface area is 56.2 Å². The average Bonchev–Trinajstić information content (AvgIpc) is 0.918. The molecule has 1 radical (unpaired) electrons. The third-order valence-electron chi connectivity index (χ3n) is 0. The maximum absolute atomic E-state index is 8.31. The molecule has 0 unspecified atom stereocenters. The van der Waals surface area contributed by atoms with Gasteiger partial charge in [0, 0.05) is 16.8 Å². The van der Waals surface area contributed by atoms with E-state index in [1.54, 1.807) is 0 Å². The summed E-state index contributed by atoms with van der Waals surface area (Å²) in [7, 11) is 0. The Balaban J connectivity index is -0.0000000200. The Morgan fingerprint density at radius 3 is 1.20 bits per heavy atom. The summed E-state index contributed by atoms with van der Waals surface area (Å²) in [6, 6.07) is 0. The quantitative estimate of drug-likeness (QED) is 0.428. The van der Waals surface area contributed by atoms with Crippen LogP contribution in [0.15, 0.2) is 0 Å². The van der Waals surface area contributed by atoms with Crippen LogP contribution in [0.1, 0.15) is 0 Å². The summed E-state index contributed by atoms with van der Waals surface area (Å²) >= 11 is -0.875. The van der Waals surface area contributed by atoms with Crippen LogP contribution in [0.3, 0.4) is 0 Å². The molecule has 0 rings (SSSR count). The van der Waals surface area contributed by atoms with Crippen molar-refractivity contribution in [3.63, 3.8) is 0 Å². The van der Waals surface area contributed by atoms with Crippen molar-refractivity contribution < 1.29 is 38.9 Å². The third-order valence-corrected chi connectivity index (χ3v) is 0. The van der Waals surface area contributed by atoms with Gasteiger partial charge in [-0.15, -0.1) is 0 Å². The summed E-state index contributed by atoms with van der Waals surface area (Å²) in [6.45, 7) is 0. The second-order valence-corrected chi connectivity index (χ2v) is 0.217. The van der Waals surface area contributed by atoms with Gasteiger partial charge in [0.05, 0.1) is 0 Å². The minimum absolute atomic E-state index is 0. The SMILES string of the molecule is [AlH3].[Co].[O]=[Ni]=[O]. The Bertz CT molecular complexity index is 30.6. The second kappa shape index (κ2) is 19.3. The molecule has 0 atom stereocenters. The van der Waals surface area contributed by atoms with Gasteiger partial charge < -0.3 is 0 Å². The van der Waals surface area contributed by atoms with E-state index in [1.165, 1.54) is 0 Å². The van der Waals surface area contributed by atoms with Gasteiger partial charge >= 0.3 is 22.1 Å². The molecule has 0 amide bonds. The van der Waals surface area contributed by atoms with Crippen molar-refractivity contribution in [3.05, 3.63) is 0 Å². The molecule has 0 N–H and O–H groups in total. The van der Waals surface area contributed by atoms with Crippen LogP contribution in [-0.2, 0) is 38.9 Å². The van der Waals surface area contributed by atoms with Gasteiger partial charge in [-0.2, -0.15) is 0 Å². The number of hydrogen-bond acceptors (Lipinski definition) is 2. The summed E-state index contributed by atoms with van der Waals surface area (Å²) in [5, 5.41) is 0. The first-order chi connectivity index (χ1) is 1.41. The molecular weight excluding hydrogens is 177 g/mol. The fourth-order valence-electron chi connectivity index (χ4n) is 0. The fraction of sp³-hybridized carbons (Fsp3) is 0. The standard InChI is InChI=1S/Al.Co.Ni.2O.3H. The molecule has 0 fully saturated rings. The molecule has 0 saturated heterocycles. The predicted octanol–water partition coefficient (Wildman–Crippen LogP) is -1.43. The number of hydrogen-bond donors (Lipinski definition) is 0. The Morgan fingerprint density at radius 1 is 1.20 bits per heavy atom. The monoisotopic (exact) mass is 179 g/mol. The molecule has 0 aliphatic carbocycles. The van der Waals surface area contributed by atoms with Crippen LogP contribution in [0.2, 0.25) is 0 Å². The van der Waals surface area contributed by atoms with E-state index < -0.39 is 14.3 Å². The second-order valence-electron chi connectivity index (χ2n) is 0.0527. The first-order valence-electron chi connectivity index (χ1n) is 0.258. The van der Waals surface area contributed by atoms with Crippen molar-refractivity contribution >= 4 is 17.4 Å². The first-order valence-corrected chi connectivity index (χ1v) is 1.06. The zero-order valence-electron chi connectivity index (χ0n) is 1.47. The van der Waals surface area contributed by atoms with Crippen LogP contribution in [-0.4, -0.2) is 17.4 Å². The minimum atomic E-state index is -0.875. The third kappa shape index (κ3) is 39.3. The fourth-order valence-corrected chi connectivity index (χ4v) is 0. The van der Waals surface area contributed by atoms with Crippen molar-refractivity contribution in [3.8, 4) is 0 Å². The van der Waals surface area contributed by atoms with E-state index in [0.717, 1.165) is 0 Å². The van der Waals surface area contributed by atoms with E-state index in [2.05, 4.69) is 0 Å². The Hall–Kier alpha value is 1.13. The molecule has 0 saturated carbocycles. The Morgan fingerprint density at radius 2 is 1.20 bits per heavy atom. The van der Waals surface area contributed by atoms with E-state index in [1.807, 2.05) is 0 Å². The molecule has 0 aromatic rings. The summed E-state index contributed by atoms with van der Waals surface area (Å²) in [6.07, 6.45) is 0. The normalized spacial score (nSPS) is 4.00. The maximum atomic E-state index is 8.31. The van der Waals surface area contributed by atoms with Crippen LogP contribution < -0.4 is 0 Å². The topological polar surface area (TPSA) is 34.1 Å². The van der Waals surface area contributed by atoms with E-state index in [4.69, 9.17) is 7.79 Å². The van der Waals surface area contributed by atoms with Gasteiger partial charge in [-0.1, -0.05) is 0 Å². The molecule has 0 bridgehead atoms. The van der Waals surface area contributed by atoms with Crippen LogP contribution in [0, 0.1) is 0 Å². The summed E-state index contributed by atoms with van der Waals surface area (Å²) < 4.78 is 16.6. The summed E-state index contributed by atoms with van der Waals surface area (Å²) in [5.74, 6) is 0. The summed E-state index contributed by atoms with van der Waals surface area (Å²) in [4.78, 5) is 0. The molecule has 0 spiro atoms. The first kappa shape index (κ1) is 16.5.